The lowest BCUT2D eigenvalue weighted by atomic mass is 9.78. The summed E-state index contributed by atoms with van der Waals surface area (Å²) in [5, 5.41) is 0. The van der Waals surface area contributed by atoms with Gasteiger partial charge in [-0.2, -0.15) is 0 Å². The third-order valence-electron chi connectivity index (χ3n) is 6.66. The van der Waals surface area contributed by atoms with Crippen molar-refractivity contribution in [3.05, 3.63) is 71.0 Å². The number of nitrogens with zero attached hydrogens (tertiary/aromatic N) is 2. The second kappa shape index (κ2) is 9.70. The van der Waals surface area contributed by atoms with Crippen LogP contribution >= 0.6 is 0 Å². The fourth-order valence-electron chi connectivity index (χ4n) is 4.91. The summed E-state index contributed by atoms with van der Waals surface area (Å²) in [6.45, 7) is 1.44. The molecule has 2 aromatic rings. The van der Waals surface area contributed by atoms with Crippen LogP contribution in [-0.4, -0.2) is 60.9 Å². The number of rotatable bonds is 6. The van der Waals surface area contributed by atoms with Crippen LogP contribution in [0.25, 0.3) is 0 Å². The molecule has 1 fully saturated rings. The second-order valence-corrected chi connectivity index (χ2v) is 8.55. The molecule has 4 rings (SSSR count). The topological polar surface area (TPSA) is 92.9 Å². The number of benzene rings is 2. The number of hydrogen-bond donors (Lipinski definition) is 1. The Labute approximate surface area is 192 Å². The molecule has 0 spiro atoms. The van der Waals surface area contributed by atoms with Crippen LogP contribution < -0.4 is 5.73 Å². The minimum absolute atomic E-state index is 0.116. The molecule has 174 valence electrons. The number of primary amides is 1. The predicted molar refractivity (Wildman–Crippen MR) is 120 cm³/mol. The number of carbonyl (C=O) groups is 3. The molecule has 0 aromatic heterocycles. The molecule has 3 amide bonds. The van der Waals surface area contributed by atoms with Crippen molar-refractivity contribution in [1.29, 1.82) is 0 Å². The number of ether oxygens (including phenoxy) is 1. The van der Waals surface area contributed by atoms with E-state index in [4.69, 9.17) is 10.5 Å². The average molecular weight is 454 g/mol. The van der Waals surface area contributed by atoms with Gasteiger partial charge < -0.3 is 20.3 Å². The zero-order chi connectivity index (χ0) is 23.5. The van der Waals surface area contributed by atoms with Crippen molar-refractivity contribution < 1.29 is 23.5 Å². The number of likely N-dealkylation sites (tertiary alicyclic amines) is 1. The number of carbonyl (C=O) groups excluding carboxylic acids is 3. The summed E-state index contributed by atoms with van der Waals surface area (Å²) in [6, 6.07) is 12.5. The first-order valence-electron chi connectivity index (χ1n) is 11.1. The monoisotopic (exact) mass is 453 g/mol. The summed E-state index contributed by atoms with van der Waals surface area (Å²) in [5.41, 5.74) is 7.28. The molecule has 2 N–H and O–H groups in total. The van der Waals surface area contributed by atoms with Crippen LogP contribution in [0.4, 0.5) is 4.39 Å². The van der Waals surface area contributed by atoms with Gasteiger partial charge in [0.05, 0.1) is 18.6 Å². The minimum Gasteiger partial charge on any atom is -0.383 e. The van der Waals surface area contributed by atoms with Gasteiger partial charge in [-0.05, 0) is 42.2 Å². The van der Waals surface area contributed by atoms with Crippen molar-refractivity contribution in [2.45, 2.75) is 24.8 Å². The van der Waals surface area contributed by atoms with Crippen molar-refractivity contribution in [2.24, 2.45) is 11.7 Å². The molecule has 2 aromatic carbocycles. The van der Waals surface area contributed by atoms with Gasteiger partial charge in [0.15, 0.2) is 0 Å². The lowest BCUT2D eigenvalue weighted by Crippen LogP contribution is -2.51. The predicted octanol–water partition coefficient (Wildman–Crippen LogP) is 2.48. The Morgan fingerprint density at radius 1 is 1.09 bits per heavy atom. The molecule has 2 aliphatic heterocycles. The fourth-order valence-corrected chi connectivity index (χ4v) is 4.91. The minimum atomic E-state index is -0.661. The van der Waals surface area contributed by atoms with E-state index < -0.39 is 12.0 Å². The zero-order valence-corrected chi connectivity index (χ0v) is 18.6. The molecule has 0 radical (unpaired) electrons. The largest absolute Gasteiger partial charge is 0.383 e. The van der Waals surface area contributed by atoms with E-state index >= 15 is 0 Å². The number of nitrogens with two attached hydrogens (primary N) is 1. The first kappa shape index (κ1) is 22.9. The molecule has 1 saturated heterocycles. The molecule has 0 bridgehead atoms. The van der Waals surface area contributed by atoms with Crippen LogP contribution in [0.3, 0.4) is 0 Å². The van der Waals surface area contributed by atoms with E-state index in [1.54, 1.807) is 41.2 Å². The van der Waals surface area contributed by atoms with Gasteiger partial charge >= 0.3 is 0 Å². The van der Waals surface area contributed by atoms with E-state index in [0.29, 0.717) is 55.8 Å². The summed E-state index contributed by atoms with van der Waals surface area (Å²) >= 11 is 0. The van der Waals surface area contributed by atoms with E-state index in [1.807, 2.05) is 12.1 Å². The van der Waals surface area contributed by atoms with Crippen molar-refractivity contribution in [1.82, 2.24) is 9.80 Å². The highest BCUT2D eigenvalue weighted by atomic mass is 19.1. The Hall–Kier alpha value is -3.26. The maximum atomic E-state index is 13.9. The lowest BCUT2D eigenvalue weighted by molar-refractivity contribution is -0.138. The third-order valence-corrected chi connectivity index (χ3v) is 6.66. The Morgan fingerprint density at radius 3 is 2.39 bits per heavy atom. The molecule has 0 saturated carbocycles. The van der Waals surface area contributed by atoms with Gasteiger partial charge in [0, 0.05) is 38.2 Å². The molecular formula is C25H28FN3O4. The zero-order valence-electron chi connectivity index (χ0n) is 18.6. The third kappa shape index (κ3) is 4.48. The molecule has 2 atom stereocenters. The highest BCUT2D eigenvalue weighted by molar-refractivity contribution is 6.01. The van der Waals surface area contributed by atoms with E-state index in [9.17, 15) is 18.8 Å². The van der Waals surface area contributed by atoms with Crippen molar-refractivity contribution >= 4 is 17.7 Å². The first-order chi connectivity index (χ1) is 15.9. The second-order valence-electron chi connectivity index (χ2n) is 8.55. The number of fused-ring (bicyclic) bond motifs is 1. The number of halogens is 1. The Kier molecular flexibility index (Phi) is 6.74. The van der Waals surface area contributed by atoms with Crippen LogP contribution in [0.5, 0.6) is 0 Å². The van der Waals surface area contributed by atoms with Gasteiger partial charge in [-0.1, -0.05) is 30.3 Å². The normalized spacial score (nSPS) is 21.1. The van der Waals surface area contributed by atoms with Gasteiger partial charge in [-0.3, -0.25) is 14.4 Å². The van der Waals surface area contributed by atoms with Crippen molar-refractivity contribution in [2.75, 3.05) is 33.4 Å². The van der Waals surface area contributed by atoms with Crippen molar-refractivity contribution in [3.8, 4) is 0 Å². The molecule has 33 heavy (non-hydrogen) atoms. The summed E-state index contributed by atoms with van der Waals surface area (Å²) in [4.78, 5) is 42.4. The van der Waals surface area contributed by atoms with Gasteiger partial charge in [0.2, 0.25) is 11.8 Å². The van der Waals surface area contributed by atoms with E-state index in [2.05, 4.69) is 0 Å². The molecule has 8 heteroatoms. The highest BCUT2D eigenvalue weighted by Crippen LogP contribution is 2.44. The average Bonchev–Trinajstić information content (AvgIpc) is 2.83. The Morgan fingerprint density at radius 2 is 1.76 bits per heavy atom. The van der Waals surface area contributed by atoms with Gasteiger partial charge in [-0.25, -0.2) is 4.39 Å². The SMILES string of the molecule is COCCN1C(=O)c2ccccc2C(C(=O)N2CCC(C(N)=O)CC2)C1c1ccc(F)cc1. The van der Waals surface area contributed by atoms with Crippen LogP contribution in [0.1, 0.15) is 46.3 Å². The van der Waals surface area contributed by atoms with Crippen LogP contribution in [0.2, 0.25) is 0 Å². The van der Waals surface area contributed by atoms with Crippen LogP contribution in [-0.2, 0) is 14.3 Å². The van der Waals surface area contributed by atoms with Crippen LogP contribution in [0.15, 0.2) is 48.5 Å². The smallest absolute Gasteiger partial charge is 0.254 e. The molecular weight excluding hydrogens is 425 g/mol. The summed E-state index contributed by atoms with van der Waals surface area (Å²) in [5.74, 6) is -1.93. The number of hydrogen-bond acceptors (Lipinski definition) is 4. The van der Waals surface area contributed by atoms with Crippen LogP contribution in [0, 0.1) is 11.7 Å². The molecule has 2 unspecified atom stereocenters. The van der Waals surface area contributed by atoms with Crippen molar-refractivity contribution in [3.63, 3.8) is 0 Å². The number of methoxy groups -OCH3 is 1. The maximum Gasteiger partial charge on any atom is 0.254 e. The Balaban J connectivity index is 1.77. The fraction of sp³-hybridized carbons (Fsp3) is 0.400. The summed E-state index contributed by atoms with van der Waals surface area (Å²) in [7, 11) is 1.56. The first-order valence-corrected chi connectivity index (χ1v) is 11.1. The molecule has 2 aliphatic rings. The van der Waals surface area contributed by atoms with E-state index in [-0.39, 0.29) is 29.5 Å². The number of amides is 3. The van der Waals surface area contributed by atoms with E-state index in [1.165, 1.54) is 12.1 Å². The molecule has 2 heterocycles. The van der Waals surface area contributed by atoms with E-state index in [0.717, 1.165) is 0 Å². The Bertz CT molecular complexity index is 1030. The highest BCUT2D eigenvalue weighted by Gasteiger charge is 2.45. The van der Waals surface area contributed by atoms with Gasteiger partial charge in [-0.15, -0.1) is 0 Å². The number of piperidine rings is 1. The maximum absolute atomic E-state index is 13.9. The van der Waals surface area contributed by atoms with Gasteiger partial charge in [0.25, 0.3) is 5.91 Å². The summed E-state index contributed by atoms with van der Waals surface area (Å²) < 4.78 is 18.9. The molecule has 0 aliphatic carbocycles. The molecule has 7 nitrogen and oxygen atoms in total. The standard InChI is InChI=1S/C25H28FN3O4/c1-33-15-14-29-22(16-6-8-18(26)9-7-16)21(19-4-2-3-5-20(19)24(29)31)25(32)28-12-10-17(11-13-28)23(27)30/h2-9,17,21-22H,10-15H2,1H3,(H2,27,30). The van der Waals surface area contributed by atoms with Gasteiger partial charge in [0.1, 0.15) is 5.82 Å². The summed E-state index contributed by atoms with van der Waals surface area (Å²) in [6.07, 6.45) is 1.03. The lowest BCUT2D eigenvalue weighted by Gasteiger charge is -2.44. The quantitative estimate of drug-likeness (QED) is 0.727.